The zero-order valence-electron chi connectivity index (χ0n) is 14.3. The van der Waals surface area contributed by atoms with Gasteiger partial charge in [0.15, 0.2) is 0 Å². The highest BCUT2D eigenvalue weighted by molar-refractivity contribution is 7.88. The van der Waals surface area contributed by atoms with Gasteiger partial charge >= 0.3 is 0 Å². The number of nitrogens with one attached hydrogen (secondary N) is 1. The van der Waals surface area contributed by atoms with Gasteiger partial charge in [-0.2, -0.15) is 4.31 Å². The van der Waals surface area contributed by atoms with Gasteiger partial charge in [-0.3, -0.25) is 4.79 Å². The predicted molar refractivity (Wildman–Crippen MR) is 94.8 cm³/mol. The third-order valence-electron chi connectivity index (χ3n) is 3.77. The molecule has 0 radical (unpaired) electrons. The lowest BCUT2D eigenvalue weighted by Crippen LogP contribution is -2.40. The summed E-state index contributed by atoms with van der Waals surface area (Å²) in [6, 6.07) is 12.0. The summed E-state index contributed by atoms with van der Waals surface area (Å²) in [6.45, 7) is -0.520. The van der Waals surface area contributed by atoms with E-state index in [0.717, 1.165) is 10.6 Å². The van der Waals surface area contributed by atoms with Crippen molar-refractivity contribution in [2.45, 2.75) is 13.0 Å². The molecule has 1 amide bonds. The standard InChI is InChI=1S/C18H20F2N2O3S/c1-26(24,25)22(12-15-7-3-5-9-17(15)20)13-18(23)21-11-10-14-6-2-4-8-16(14)19/h2-9H,10-13H2,1H3,(H,21,23). The minimum Gasteiger partial charge on any atom is -0.355 e. The molecule has 0 fully saturated rings. The first-order chi connectivity index (χ1) is 12.3. The maximum atomic E-state index is 13.7. The van der Waals surface area contributed by atoms with Crippen molar-refractivity contribution in [2.24, 2.45) is 0 Å². The molecule has 0 saturated carbocycles. The number of carbonyl (C=O) groups is 1. The summed E-state index contributed by atoms with van der Waals surface area (Å²) in [4.78, 5) is 12.0. The van der Waals surface area contributed by atoms with Crippen LogP contribution in [0.4, 0.5) is 8.78 Å². The van der Waals surface area contributed by atoms with Crippen LogP contribution in [-0.2, 0) is 27.8 Å². The van der Waals surface area contributed by atoms with E-state index in [1.165, 1.54) is 24.3 Å². The van der Waals surface area contributed by atoms with E-state index in [1.807, 2.05) is 0 Å². The van der Waals surface area contributed by atoms with E-state index in [1.54, 1.807) is 24.3 Å². The van der Waals surface area contributed by atoms with Gasteiger partial charge in [0.25, 0.3) is 0 Å². The van der Waals surface area contributed by atoms with Gasteiger partial charge in [-0.1, -0.05) is 36.4 Å². The van der Waals surface area contributed by atoms with Gasteiger partial charge in [-0.25, -0.2) is 17.2 Å². The van der Waals surface area contributed by atoms with Crippen LogP contribution in [0, 0.1) is 11.6 Å². The molecule has 0 bridgehead atoms. The molecule has 0 aliphatic rings. The third-order valence-corrected chi connectivity index (χ3v) is 4.96. The van der Waals surface area contributed by atoms with Crippen LogP contribution >= 0.6 is 0 Å². The quantitative estimate of drug-likeness (QED) is 0.760. The van der Waals surface area contributed by atoms with Crippen LogP contribution in [0.1, 0.15) is 11.1 Å². The van der Waals surface area contributed by atoms with Gasteiger partial charge in [0.05, 0.1) is 12.8 Å². The number of carbonyl (C=O) groups excluding carboxylic acids is 1. The number of rotatable bonds is 8. The monoisotopic (exact) mass is 382 g/mol. The molecule has 0 spiro atoms. The van der Waals surface area contributed by atoms with Crippen molar-refractivity contribution in [3.05, 3.63) is 71.3 Å². The maximum Gasteiger partial charge on any atom is 0.235 e. The Morgan fingerprint density at radius 3 is 2.08 bits per heavy atom. The van der Waals surface area contributed by atoms with Crippen LogP contribution in [0.15, 0.2) is 48.5 Å². The highest BCUT2D eigenvalue weighted by Crippen LogP contribution is 2.12. The lowest BCUT2D eigenvalue weighted by atomic mass is 10.1. The van der Waals surface area contributed by atoms with Crippen LogP contribution in [0.25, 0.3) is 0 Å². The van der Waals surface area contributed by atoms with Gasteiger partial charge in [0, 0.05) is 18.7 Å². The largest absolute Gasteiger partial charge is 0.355 e. The molecule has 0 unspecified atom stereocenters. The third kappa shape index (κ3) is 5.89. The fraction of sp³-hybridized carbons (Fsp3) is 0.278. The van der Waals surface area contributed by atoms with Crippen LogP contribution in [0.5, 0.6) is 0 Å². The zero-order chi connectivity index (χ0) is 19.2. The number of sulfonamides is 1. The van der Waals surface area contributed by atoms with E-state index in [9.17, 15) is 22.0 Å². The molecule has 0 aliphatic heterocycles. The van der Waals surface area contributed by atoms with Crippen LogP contribution < -0.4 is 5.32 Å². The smallest absolute Gasteiger partial charge is 0.235 e. The van der Waals surface area contributed by atoms with E-state index in [4.69, 9.17) is 0 Å². The molecular weight excluding hydrogens is 362 g/mol. The van der Waals surface area contributed by atoms with Crippen LogP contribution in [0.2, 0.25) is 0 Å². The first-order valence-corrected chi connectivity index (χ1v) is 9.81. The van der Waals surface area contributed by atoms with Crippen molar-refractivity contribution in [1.82, 2.24) is 9.62 Å². The summed E-state index contributed by atoms with van der Waals surface area (Å²) in [5.74, 6) is -1.44. The molecule has 1 N–H and O–H groups in total. The zero-order valence-corrected chi connectivity index (χ0v) is 15.1. The van der Waals surface area contributed by atoms with E-state index in [2.05, 4.69) is 5.32 Å². The molecular formula is C18H20F2N2O3S. The normalized spacial score (nSPS) is 11.5. The van der Waals surface area contributed by atoms with Crippen molar-refractivity contribution < 1.29 is 22.0 Å². The lowest BCUT2D eigenvalue weighted by Gasteiger charge is -2.20. The van der Waals surface area contributed by atoms with Gasteiger partial charge in [-0.05, 0) is 24.1 Å². The van der Waals surface area contributed by atoms with Crippen molar-refractivity contribution in [2.75, 3.05) is 19.3 Å². The highest BCUT2D eigenvalue weighted by atomic mass is 32.2. The Bertz CT molecular complexity index is 872. The fourth-order valence-electron chi connectivity index (χ4n) is 2.36. The summed E-state index contributed by atoms with van der Waals surface area (Å²) in [5.41, 5.74) is 0.635. The van der Waals surface area contributed by atoms with Crippen molar-refractivity contribution in [1.29, 1.82) is 0 Å². The maximum absolute atomic E-state index is 13.7. The lowest BCUT2D eigenvalue weighted by molar-refractivity contribution is -0.121. The Morgan fingerprint density at radius 1 is 1.00 bits per heavy atom. The minimum absolute atomic E-state index is 0.164. The first kappa shape index (κ1) is 20.0. The first-order valence-electron chi connectivity index (χ1n) is 7.96. The van der Waals surface area contributed by atoms with Crippen LogP contribution in [0.3, 0.4) is 0 Å². The molecule has 5 nitrogen and oxygen atoms in total. The molecule has 2 aromatic rings. The predicted octanol–water partition coefficient (Wildman–Crippen LogP) is 2.09. The molecule has 0 saturated heterocycles. The molecule has 0 aromatic heterocycles. The second-order valence-corrected chi connectivity index (χ2v) is 7.80. The number of hydrogen-bond acceptors (Lipinski definition) is 3. The number of amides is 1. The topological polar surface area (TPSA) is 66.5 Å². The van der Waals surface area contributed by atoms with Crippen molar-refractivity contribution >= 4 is 15.9 Å². The highest BCUT2D eigenvalue weighted by Gasteiger charge is 2.21. The van der Waals surface area contributed by atoms with Crippen molar-refractivity contribution in [3.8, 4) is 0 Å². The molecule has 0 atom stereocenters. The molecule has 0 heterocycles. The molecule has 26 heavy (non-hydrogen) atoms. The van der Waals surface area contributed by atoms with E-state index < -0.39 is 28.3 Å². The summed E-state index contributed by atoms with van der Waals surface area (Å²) < 4.78 is 52.0. The van der Waals surface area contributed by atoms with E-state index in [-0.39, 0.29) is 30.9 Å². The van der Waals surface area contributed by atoms with Gasteiger partial charge in [0.2, 0.25) is 15.9 Å². The Balaban J connectivity index is 1.94. The Hall–Kier alpha value is -2.32. The van der Waals surface area contributed by atoms with Crippen molar-refractivity contribution in [3.63, 3.8) is 0 Å². The minimum atomic E-state index is -3.71. The number of benzene rings is 2. The van der Waals surface area contributed by atoms with Gasteiger partial charge in [-0.15, -0.1) is 0 Å². The van der Waals surface area contributed by atoms with E-state index >= 15 is 0 Å². The second kappa shape index (κ2) is 8.86. The number of hydrogen-bond donors (Lipinski definition) is 1. The number of halogens is 2. The molecule has 8 heteroatoms. The molecule has 0 aliphatic carbocycles. The average molecular weight is 382 g/mol. The summed E-state index contributed by atoms with van der Waals surface area (Å²) >= 11 is 0. The summed E-state index contributed by atoms with van der Waals surface area (Å²) in [7, 11) is -3.71. The van der Waals surface area contributed by atoms with Gasteiger partial charge in [0.1, 0.15) is 11.6 Å². The van der Waals surface area contributed by atoms with E-state index in [0.29, 0.717) is 5.56 Å². The second-order valence-electron chi connectivity index (χ2n) is 5.81. The molecule has 140 valence electrons. The SMILES string of the molecule is CS(=O)(=O)N(CC(=O)NCCc1ccccc1F)Cc1ccccc1F. The summed E-state index contributed by atoms with van der Waals surface area (Å²) in [6.07, 6.45) is 1.24. The average Bonchev–Trinajstić information content (AvgIpc) is 2.57. The van der Waals surface area contributed by atoms with Crippen LogP contribution in [-0.4, -0.2) is 38.0 Å². The Morgan fingerprint density at radius 2 is 1.54 bits per heavy atom. The molecule has 2 aromatic carbocycles. The molecule has 2 rings (SSSR count). The van der Waals surface area contributed by atoms with Gasteiger partial charge < -0.3 is 5.32 Å². The summed E-state index contributed by atoms with van der Waals surface area (Å²) in [5, 5.41) is 2.56. The fourth-order valence-corrected chi connectivity index (χ4v) is 3.09. The Labute approximate surface area is 151 Å². The number of nitrogens with zero attached hydrogens (tertiary/aromatic N) is 1. The Kier molecular flexibility index (Phi) is 6.82.